The van der Waals surface area contributed by atoms with E-state index < -0.39 is 0 Å². The van der Waals surface area contributed by atoms with Crippen LogP contribution >= 0.6 is 0 Å². The minimum Gasteiger partial charge on any atom is -0.601 e. The topological polar surface area (TPSA) is 74.9 Å². The van der Waals surface area contributed by atoms with E-state index in [9.17, 15) is 5.21 Å². The predicted octanol–water partition coefficient (Wildman–Crippen LogP) is -1.67. The summed E-state index contributed by atoms with van der Waals surface area (Å²) in [6, 6.07) is 0. The molecule has 4 nitrogen and oxygen atoms in total. The largest absolute Gasteiger partial charge is 0.601 e. The third-order valence-electron chi connectivity index (χ3n) is 0.534. The molecule has 7 heavy (non-hydrogen) atoms. The molecule has 4 N–H and O–H groups in total. The van der Waals surface area contributed by atoms with Crippen molar-refractivity contribution in [2.45, 2.75) is 6.42 Å². The summed E-state index contributed by atoms with van der Waals surface area (Å²) in [5, 5.41) is 9.42. The first kappa shape index (κ1) is 6.84. The molecule has 0 unspecified atom stereocenters. The molecule has 0 radical (unpaired) electrons. The molecule has 44 valence electrons. The molecule has 0 heterocycles. The normalized spacial score (nSPS) is 9.43. The van der Waals surface area contributed by atoms with Gasteiger partial charge in [0.2, 0.25) is 0 Å². The average molecular weight is 106 g/mol. The Balaban J connectivity index is 2.45. The van der Waals surface area contributed by atoms with Crippen molar-refractivity contribution in [3.05, 3.63) is 5.21 Å². The summed E-state index contributed by atoms with van der Waals surface area (Å²) in [6.45, 7) is 1.02. The van der Waals surface area contributed by atoms with Crippen LogP contribution in [-0.2, 0) is 4.84 Å². The van der Waals surface area contributed by atoms with Crippen LogP contribution in [0, 0.1) is 5.21 Å². The van der Waals surface area contributed by atoms with Crippen LogP contribution in [0.15, 0.2) is 0 Å². The molecule has 4 heteroatoms. The smallest absolute Gasteiger partial charge is 0.108 e. The quantitative estimate of drug-likeness (QED) is 0.332. The van der Waals surface area contributed by atoms with Gasteiger partial charge in [0.1, 0.15) is 6.61 Å². The summed E-state index contributed by atoms with van der Waals surface area (Å²) in [5.74, 6) is 0. The second-order valence-electron chi connectivity index (χ2n) is 1.11. The molecule has 0 spiro atoms. The van der Waals surface area contributed by atoms with E-state index >= 15 is 0 Å². The van der Waals surface area contributed by atoms with Crippen molar-refractivity contribution in [2.75, 3.05) is 13.2 Å². The van der Waals surface area contributed by atoms with Crippen LogP contribution in [0.4, 0.5) is 0 Å². The van der Waals surface area contributed by atoms with E-state index in [0.717, 1.165) is 6.42 Å². The molecule has 0 aromatic rings. The van der Waals surface area contributed by atoms with E-state index in [4.69, 9.17) is 5.73 Å². The van der Waals surface area contributed by atoms with Gasteiger partial charge >= 0.3 is 0 Å². The molecule has 0 aromatic carbocycles. The van der Waals surface area contributed by atoms with Gasteiger partial charge in [0.15, 0.2) is 0 Å². The van der Waals surface area contributed by atoms with Crippen molar-refractivity contribution in [3.63, 3.8) is 0 Å². The Bertz CT molecular complexity index is 30.1. The van der Waals surface area contributed by atoms with Crippen molar-refractivity contribution in [1.29, 1.82) is 0 Å². The van der Waals surface area contributed by atoms with Gasteiger partial charge < -0.3 is 10.9 Å². The molecule has 0 saturated heterocycles. The van der Waals surface area contributed by atoms with E-state index in [1.807, 2.05) is 0 Å². The summed E-state index contributed by atoms with van der Waals surface area (Å²) < 4.78 is 0. The van der Waals surface area contributed by atoms with Crippen molar-refractivity contribution in [1.82, 2.24) is 0 Å². The second-order valence-corrected chi connectivity index (χ2v) is 1.11. The van der Waals surface area contributed by atoms with E-state index in [2.05, 4.69) is 4.84 Å². The molecule has 0 saturated carbocycles. The molecule has 0 fully saturated rings. The molecule has 0 aromatic heterocycles. The lowest BCUT2D eigenvalue weighted by Crippen LogP contribution is -2.76. The van der Waals surface area contributed by atoms with Gasteiger partial charge in [-0.1, -0.05) is 0 Å². The number of rotatable bonds is 4. The average Bonchev–Trinajstić information content (AvgIpc) is 1.69. The lowest BCUT2D eigenvalue weighted by Gasteiger charge is -1.98. The minimum atomic E-state index is 0.426. The van der Waals surface area contributed by atoms with Crippen molar-refractivity contribution < 1.29 is 10.5 Å². The highest BCUT2D eigenvalue weighted by Crippen LogP contribution is 1.67. The summed E-state index contributed by atoms with van der Waals surface area (Å²) >= 11 is 0. The zero-order chi connectivity index (χ0) is 5.54. The second kappa shape index (κ2) is 5.84. The zero-order valence-electron chi connectivity index (χ0n) is 4.09. The Morgan fingerprint density at radius 2 is 2.43 bits per heavy atom. The van der Waals surface area contributed by atoms with Crippen molar-refractivity contribution in [3.8, 4) is 0 Å². The highest BCUT2D eigenvalue weighted by molar-refractivity contribution is 4.30. The van der Waals surface area contributed by atoms with Gasteiger partial charge in [0.25, 0.3) is 0 Å². The van der Waals surface area contributed by atoms with Gasteiger partial charge in [-0.15, -0.1) is 0 Å². The monoisotopic (exact) mass is 106 g/mol. The molecule has 0 rings (SSSR count). The van der Waals surface area contributed by atoms with Crippen LogP contribution < -0.4 is 11.4 Å². The van der Waals surface area contributed by atoms with E-state index in [-0.39, 0.29) is 0 Å². The zero-order valence-corrected chi connectivity index (χ0v) is 4.09. The van der Waals surface area contributed by atoms with Crippen LogP contribution in [0.2, 0.25) is 0 Å². The van der Waals surface area contributed by atoms with Crippen LogP contribution in [-0.4, -0.2) is 13.2 Å². The van der Waals surface area contributed by atoms with Gasteiger partial charge in [-0.25, -0.2) is 10.5 Å². The maximum absolute atomic E-state index is 9.42. The summed E-state index contributed by atoms with van der Waals surface area (Å²) in [7, 11) is 0. The number of hydrogen-bond donors (Lipinski definition) is 2. The fourth-order valence-electron chi connectivity index (χ4n) is 0.215. The van der Waals surface area contributed by atoms with Crippen molar-refractivity contribution >= 4 is 0 Å². The summed E-state index contributed by atoms with van der Waals surface area (Å²) in [4.78, 5) is 4.31. The Labute approximate surface area is 42.2 Å². The molecule has 0 aliphatic heterocycles. The third-order valence-corrected chi connectivity index (χ3v) is 0.534. The van der Waals surface area contributed by atoms with Gasteiger partial charge in [0.05, 0.1) is 0 Å². The predicted molar refractivity (Wildman–Crippen MR) is 24.9 cm³/mol. The molecular formula is C3H10N2O2. The Morgan fingerprint density at radius 1 is 1.71 bits per heavy atom. The van der Waals surface area contributed by atoms with Crippen LogP contribution in [0.5, 0.6) is 0 Å². The molecule has 0 bridgehead atoms. The number of hydrogen-bond acceptors (Lipinski definition) is 3. The van der Waals surface area contributed by atoms with Crippen LogP contribution in [0.25, 0.3) is 0 Å². The van der Waals surface area contributed by atoms with E-state index in [0.29, 0.717) is 18.8 Å². The van der Waals surface area contributed by atoms with Gasteiger partial charge in [0, 0.05) is 0 Å². The van der Waals surface area contributed by atoms with Gasteiger partial charge in [-0.05, 0) is 13.0 Å². The van der Waals surface area contributed by atoms with Crippen LogP contribution in [0.1, 0.15) is 6.42 Å². The summed E-state index contributed by atoms with van der Waals surface area (Å²) in [6.07, 6.45) is 0.749. The van der Waals surface area contributed by atoms with Crippen LogP contribution in [0.3, 0.4) is 0 Å². The van der Waals surface area contributed by atoms with Gasteiger partial charge in [-0.3, -0.25) is 0 Å². The first-order chi connectivity index (χ1) is 3.41. The first-order valence-electron chi connectivity index (χ1n) is 2.17. The maximum atomic E-state index is 9.42. The standard InChI is InChI=1S/C3H10N2O2/c4-2-1-3-7-5-6/h1-5H2. The van der Waals surface area contributed by atoms with E-state index in [1.54, 1.807) is 0 Å². The highest BCUT2D eigenvalue weighted by Gasteiger charge is 1.79. The van der Waals surface area contributed by atoms with Gasteiger partial charge in [-0.2, -0.15) is 0 Å². The fraction of sp³-hybridized carbons (Fsp3) is 1.00. The molecule has 0 aliphatic carbocycles. The fourth-order valence-corrected chi connectivity index (χ4v) is 0.215. The lowest BCUT2D eigenvalue weighted by molar-refractivity contribution is -0.850. The lowest BCUT2D eigenvalue weighted by atomic mass is 10.5. The molecule has 0 aliphatic rings. The first-order valence-corrected chi connectivity index (χ1v) is 2.17. The van der Waals surface area contributed by atoms with E-state index in [1.165, 1.54) is 0 Å². The maximum Gasteiger partial charge on any atom is 0.108 e. The third kappa shape index (κ3) is 5.84. The number of quaternary nitrogens is 1. The highest BCUT2D eigenvalue weighted by atomic mass is 16.8. The Morgan fingerprint density at radius 3 is 2.86 bits per heavy atom. The summed E-state index contributed by atoms with van der Waals surface area (Å²) in [5.41, 5.74) is 5.50. The molecule has 0 atom stereocenters. The Kier molecular flexibility index (Phi) is 5.71. The van der Waals surface area contributed by atoms with Crippen molar-refractivity contribution in [2.24, 2.45) is 5.73 Å². The Hall–Kier alpha value is -0.160. The number of nitrogens with two attached hydrogens (primary N) is 2. The minimum absolute atomic E-state index is 0.426. The molecule has 0 amide bonds. The SMILES string of the molecule is NCCCO[NH2+][O-]. The molecular weight excluding hydrogens is 96.0 g/mol.